The van der Waals surface area contributed by atoms with Gasteiger partial charge >= 0.3 is 0 Å². The van der Waals surface area contributed by atoms with Crippen molar-refractivity contribution in [3.8, 4) is 10.6 Å². The Bertz CT molecular complexity index is 1020. The van der Waals surface area contributed by atoms with Crippen LogP contribution in [0.5, 0.6) is 0 Å². The Kier molecular flexibility index (Phi) is 3.96. The topological polar surface area (TPSA) is 66.5 Å². The molecule has 2 aliphatic rings. The second kappa shape index (κ2) is 6.25. The normalized spacial score (nSPS) is 22.4. The molecule has 2 aliphatic heterocycles. The molecule has 0 amide bonds. The van der Waals surface area contributed by atoms with E-state index in [-0.39, 0.29) is 5.69 Å². The lowest BCUT2D eigenvalue weighted by Crippen LogP contribution is -2.58. The third kappa shape index (κ3) is 2.83. The van der Waals surface area contributed by atoms with E-state index in [1.165, 1.54) is 23.9 Å². The molecule has 1 aromatic carbocycles. The van der Waals surface area contributed by atoms with Crippen molar-refractivity contribution >= 4 is 49.1 Å². The van der Waals surface area contributed by atoms with Crippen LogP contribution in [0.25, 0.3) is 20.1 Å². The molecule has 0 radical (unpaired) electrons. The standard InChI is InChI=1S/C19H20FN5S2/c1-22-9-12-6-11(7-13(20)16(12)21)17-24-18-14(26-17)8-15(27-18)25-5-3-19(10-25)2-4-23-19/h6-9,23H,2-5,10,21H2,1H3. The molecule has 2 aromatic heterocycles. The molecule has 0 aliphatic carbocycles. The van der Waals surface area contributed by atoms with E-state index >= 15 is 0 Å². The van der Waals surface area contributed by atoms with E-state index < -0.39 is 5.82 Å². The Morgan fingerprint density at radius 1 is 1.33 bits per heavy atom. The van der Waals surface area contributed by atoms with Gasteiger partial charge in [-0.3, -0.25) is 4.99 Å². The molecule has 5 rings (SSSR count). The molecule has 140 valence electrons. The maximum atomic E-state index is 14.2. The van der Waals surface area contributed by atoms with Crippen molar-refractivity contribution in [2.24, 2.45) is 4.99 Å². The van der Waals surface area contributed by atoms with Gasteiger partial charge in [0.15, 0.2) is 0 Å². The Balaban J connectivity index is 1.45. The summed E-state index contributed by atoms with van der Waals surface area (Å²) in [5.74, 6) is -0.433. The van der Waals surface area contributed by atoms with Gasteiger partial charge in [0.2, 0.25) is 0 Å². The fourth-order valence-electron chi connectivity index (χ4n) is 3.90. The van der Waals surface area contributed by atoms with Gasteiger partial charge in [0, 0.05) is 43.0 Å². The average molecular weight is 402 g/mol. The van der Waals surface area contributed by atoms with E-state index in [4.69, 9.17) is 10.7 Å². The van der Waals surface area contributed by atoms with E-state index in [0.29, 0.717) is 11.1 Å². The first kappa shape index (κ1) is 17.1. The SMILES string of the molecule is CN=Cc1cc(-c2nc3sc(N4CCC5(CCN5)C4)cc3s2)cc(F)c1N. The number of hydrogen-bond donors (Lipinski definition) is 2. The van der Waals surface area contributed by atoms with Crippen LogP contribution in [0.2, 0.25) is 0 Å². The molecule has 1 atom stereocenters. The smallest absolute Gasteiger partial charge is 0.147 e. The molecule has 4 heterocycles. The molecule has 8 heteroatoms. The number of halogens is 1. The number of thiazole rings is 1. The largest absolute Gasteiger partial charge is 0.396 e. The molecule has 27 heavy (non-hydrogen) atoms. The van der Waals surface area contributed by atoms with Crippen LogP contribution in [0.3, 0.4) is 0 Å². The lowest BCUT2D eigenvalue weighted by Gasteiger charge is -2.39. The summed E-state index contributed by atoms with van der Waals surface area (Å²) in [6.45, 7) is 3.31. The van der Waals surface area contributed by atoms with Crippen LogP contribution in [0.4, 0.5) is 15.1 Å². The number of nitrogens with zero attached hydrogens (tertiary/aromatic N) is 3. The van der Waals surface area contributed by atoms with Crippen molar-refractivity contribution in [2.45, 2.75) is 18.4 Å². The number of aliphatic imine (C=N–C) groups is 1. The Hall–Kier alpha value is -2.03. The fraction of sp³-hybridized carbons (Fsp3) is 0.368. The zero-order valence-electron chi connectivity index (χ0n) is 15.0. The van der Waals surface area contributed by atoms with Gasteiger partial charge in [0.05, 0.1) is 15.4 Å². The van der Waals surface area contributed by atoms with Gasteiger partial charge < -0.3 is 16.0 Å². The maximum absolute atomic E-state index is 14.2. The van der Waals surface area contributed by atoms with Crippen molar-refractivity contribution in [3.05, 3.63) is 29.6 Å². The average Bonchev–Trinajstić information content (AvgIpc) is 3.30. The van der Waals surface area contributed by atoms with E-state index in [1.54, 1.807) is 35.9 Å². The third-order valence-corrected chi connectivity index (χ3v) is 7.79. The van der Waals surface area contributed by atoms with Crippen molar-refractivity contribution in [1.82, 2.24) is 10.3 Å². The van der Waals surface area contributed by atoms with Crippen LogP contribution in [0.15, 0.2) is 23.2 Å². The van der Waals surface area contributed by atoms with Crippen LogP contribution in [-0.2, 0) is 0 Å². The number of nitrogens with one attached hydrogen (secondary N) is 1. The van der Waals surface area contributed by atoms with Gasteiger partial charge in [-0.15, -0.1) is 11.3 Å². The summed E-state index contributed by atoms with van der Waals surface area (Å²) >= 11 is 3.32. The van der Waals surface area contributed by atoms with Gasteiger partial charge in [0.1, 0.15) is 15.7 Å². The van der Waals surface area contributed by atoms with Crippen LogP contribution < -0.4 is 16.0 Å². The first-order chi connectivity index (χ1) is 13.1. The summed E-state index contributed by atoms with van der Waals surface area (Å²) < 4.78 is 15.3. The second-order valence-electron chi connectivity index (χ2n) is 7.25. The predicted molar refractivity (Wildman–Crippen MR) is 113 cm³/mol. The molecule has 2 saturated heterocycles. The summed E-state index contributed by atoms with van der Waals surface area (Å²) in [7, 11) is 1.65. The number of anilines is 2. The van der Waals surface area contributed by atoms with Gasteiger partial charge in [0.25, 0.3) is 0 Å². The molecule has 2 fully saturated rings. The highest BCUT2D eigenvalue weighted by Crippen LogP contribution is 2.42. The molecule has 1 unspecified atom stereocenters. The summed E-state index contributed by atoms with van der Waals surface area (Å²) in [6.07, 6.45) is 4.06. The van der Waals surface area contributed by atoms with Crippen molar-refractivity contribution in [2.75, 3.05) is 37.3 Å². The summed E-state index contributed by atoms with van der Waals surface area (Å²) in [5, 5.41) is 5.69. The van der Waals surface area contributed by atoms with E-state index in [9.17, 15) is 4.39 Å². The Morgan fingerprint density at radius 2 is 2.19 bits per heavy atom. The number of rotatable bonds is 3. The number of aromatic nitrogens is 1. The van der Waals surface area contributed by atoms with Gasteiger partial charge in [-0.05, 0) is 37.6 Å². The minimum atomic E-state index is -0.433. The van der Waals surface area contributed by atoms with Gasteiger partial charge in [-0.25, -0.2) is 9.37 Å². The minimum Gasteiger partial charge on any atom is -0.396 e. The Labute approximate surface area is 164 Å². The Morgan fingerprint density at radius 3 is 2.85 bits per heavy atom. The molecule has 1 spiro atoms. The first-order valence-corrected chi connectivity index (χ1v) is 10.6. The quantitative estimate of drug-likeness (QED) is 0.518. The lowest BCUT2D eigenvalue weighted by molar-refractivity contribution is 0.235. The van der Waals surface area contributed by atoms with Crippen molar-refractivity contribution in [1.29, 1.82) is 0 Å². The van der Waals surface area contributed by atoms with E-state index in [1.807, 2.05) is 6.07 Å². The predicted octanol–water partition coefficient (Wildman–Crippen LogP) is 3.74. The van der Waals surface area contributed by atoms with Crippen LogP contribution in [0, 0.1) is 5.82 Å². The van der Waals surface area contributed by atoms with Gasteiger partial charge in [-0.1, -0.05) is 11.3 Å². The van der Waals surface area contributed by atoms with Gasteiger partial charge in [-0.2, -0.15) is 0 Å². The molecule has 3 N–H and O–H groups in total. The summed E-state index contributed by atoms with van der Waals surface area (Å²) in [4.78, 5) is 12.2. The summed E-state index contributed by atoms with van der Waals surface area (Å²) in [6, 6.07) is 5.53. The third-order valence-electron chi connectivity index (χ3n) is 5.52. The highest BCUT2D eigenvalue weighted by Gasteiger charge is 2.42. The second-order valence-corrected chi connectivity index (χ2v) is 9.29. The number of thiophene rings is 1. The number of nitrogens with two attached hydrogens (primary N) is 1. The van der Waals surface area contributed by atoms with E-state index in [0.717, 1.165) is 39.7 Å². The lowest BCUT2D eigenvalue weighted by atomic mass is 9.87. The van der Waals surface area contributed by atoms with Crippen LogP contribution in [-0.4, -0.2) is 43.4 Å². The zero-order valence-corrected chi connectivity index (χ0v) is 16.6. The minimum absolute atomic E-state index is 0.123. The van der Waals surface area contributed by atoms with E-state index in [2.05, 4.69) is 21.3 Å². The fourth-order valence-corrected chi connectivity index (χ4v) is 6.12. The maximum Gasteiger partial charge on any atom is 0.147 e. The summed E-state index contributed by atoms with van der Waals surface area (Å²) in [5.41, 5.74) is 7.60. The van der Waals surface area contributed by atoms with Crippen LogP contribution >= 0.6 is 22.7 Å². The van der Waals surface area contributed by atoms with Crippen LogP contribution in [0.1, 0.15) is 18.4 Å². The molecular formula is C19H20FN5S2. The monoisotopic (exact) mass is 401 g/mol. The first-order valence-electron chi connectivity index (χ1n) is 8.99. The molecule has 0 bridgehead atoms. The van der Waals surface area contributed by atoms with Crippen molar-refractivity contribution in [3.63, 3.8) is 0 Å². The molecule has 3 aromatic rings. The number of fused-ring (bicyclic) bond motifs is 1. The molecule has 0 saturated carbocycles. The molecular weight excluding hydrogens is 381 g/mol. The highest BCUT2D eigenvalue weighted by molar-refractivity contribution is 7.30. The zero-order chi connectivity index (χ0) is 18.6. The highest BCUT2D eigenvalue weighted by atomic mass is 32.1. The number of nitrogen functional groups attached to an aromatic ring is 1. The molecule has 5 nitrogen and oxygen atoms in total. The van der Waals surface area contributed by atoms with Crippen molar-refractivity contribution < 1.29 is 4.39 Å². The number of benzene rings is 1. The number of hydrogen-bond acceptors (Lipinski definition) is 7.